The molecule has 1 N–H and O–H groups in total. The number of hydrogen-bond acceptors (Lipinski definition) is 2. The second-order valence-electron chi connectivity index (χ2n) is 0.889. The zero-order valence-electron chi connectivity index (χ0n) is 3.20. The summed E-state index contributed by atoms with van der Waals surface area (Å²) >= 11 is 9.29. The van der Waals surface area contributed by atoms with Crippen LogP contribution in [-0.2, 0) is 4.89 Å². The van der Waals surface area contributed by atoms with Gasteiger partial charge in [0.05, 0.1) is 0 Å². The zero-order chi connectivity index (χ0) is 5.91. The van der Waals surface area contributed by atoms with Crippen LogP contribution in [0.1, 0.15) is 0 Å². The predicted octanol–water partition coefficient (Wildman–Crippen LogP) is 1.58. The smallest absolute Gasteiger partial charge is 0.252 e. The Labute approximate surface area is 49.7 Å². The van der Waals surface area contributed by atoms with Gasteiger partial charge in [-0.1, -0.05) is 23.2 Å². The standard InChI is InChI=1S/C2H3Cl2FO2/c3-2(4,5)1-7-6/h6H,1H2. The van der Waals surface area contributed by atoms with Crippen LogP contribution in [0.25, 0.3) is 0 Å². The van der Waals surface area contributed by atoms with Crippen LogP contribution in [0, 0.1) is 0 Å². The molecule has 0 atom stereocenters. The van der Waals surface area contributed by atoms with Crippen molar-refractivity contribution in [3.63, 3.8) is 0 Å². The van der Waals surface area contributed by atoms with Gasteiger partial charge in [0.15, 0.2) is 0 Å². The zero-order valence-corrected chi connectivity index (χ0v) is 4.71. The summed E-state index contributed by atoms with van der Waals surface area (Å²) in [5, 5.41) is 7.49. The molecular formula is C2H3Cl2FO2. The average molecular weight is 149 g/mol. The van der Waals surface area contributed by atoms with Crippen LogP contribution in [0.2, 0.25) is 0 Å². The predicted molar refractivity (Wildman–Crippen MR) is 24.1 cm³/mol. The van der Waals surface area contributed by atoms with Crippen molar-refractivity contribution in [2.75, 3.05) is 6.61 Å². The first-order valence-electron chi connectivity index (χ1n) is 1.39. The molecule has 44 valence electrons. The van der Waals surface area contributed by atoms with E-state index in [1.807, 2.05) is 0 Å². The van der Waals surface area contributed by atoms with E-state index >= 15 is 0 Å². The molecule has 2 nitrogen and oxygen atoms in total. The Morgan fingerprint density at radius 3 is 2.14 bits per heavy atom. The molecular weight excluding hydrogens is 146 g/mol. The lowest BCUT2D eigenvalue weighted by Crippen LogP contribution is -2.11. The molecule has 5 heteroatoms. The van der Waals surface area contributed by atoms with Crippen LogP contribution >= 0.6 is 23.2 Å². The van der Waals surface area contributed by atoms with E-state index in [-0.39, 0.29) is 0 Å². The molecule has 0 amide bonds. The van der Waals surface area contributed by atoms with Gasteiger partial charge < -0.3 is 0 Å². The highest BCUT2D eigenvalue weighted by molar-refractivity contribution is 6.47. The van der Waals surface area contributed by atoms with Gasteiger partial charge in [-0.3, -0.25) is 5.26 Å². The Kier molecular flexibility index (Phi) is 2.83. The lowest BCUT2D eigenvalue weighted by Gasteiger charge is -2.02. The third kappa shape index (κ3) is 6.43. The topological polar surface area (TPSA) is 29.5 Å². The van der Waals surface area contributed by atoms with Crippen molar-refractivity contribution in [3.05, 3.63) is 0 Å². The van der Waals surface area contributed by atoms with Crippen LogP contribution in [0.5, 0.6) is 0 Å². The average Bonchev–Trinajstić information content (AvgIpc) is 1.30. The van der Waals surface area contributed by atoms with E-state index in [1.165, 1.54) is 0 Å². The normalized spacial score (nSPS) is 12.0. The first-order valence-corrected chi connectivity index (χ1v) is 2.15. The number of halogens is 3. The van der Waals surface area contributed by atoms with Crippen molar-refractivity contribution < 1.29 is 14.5 Å². The maximum absolute atomic E-state index is 11.6. The summed E-state index contributed by atoms with van der Waals surface area (Å²) in [5.41, 5.74) is 0. The van der Waals surface area contributed by atoms with E-state index in [1.54, 1.807) is 0 Å². The van der Waals surface area contributed by atoms with Crippen LogP contribution < -0.4 is 0 Å². The van der Waals surface area contributed by atoms with E-state index in [9.17, 15) is 4.39 Å². The van der Waals surface area contributed by atoms with E-state index in [0.29, 0.717) is 0 Å². The summed E-state index contributed by atoms with van der Waals surface area (Å²) in [6, 6.07) is 0. The third-order valence-electron chi connectivity index (χ3n) is 0.228. The minimum absolute atomic E-state index is 0.740. The van der Waals surface area contributed by atoms with Gasteiger partial charge >= 0.3 is 0 Å². The van der Waals surface area contributed by atoms with Crippen molar-refractivity contribution >= 4 is 23.2 Å². The van der Waals surface area contributed by atoms with E-state index < -0.39 is 11.2 Å². The van der Waals surface area contributed by atoms with Crippen molar-refractivity contribution in [2.24, 2.45) is 0 Å². The molecule has 0 radical (unpaired) electrons. The fraction of sp³-hybridized carbons (Fsp3) is 1.00. The van der Waals surface area contributed by atoms with Gasteiger partial charge in [0.25, 0.3) is 4.59 Å². The molecule has 7 heavy (non-hydrogen) atoms. The van der Waals surface area contributed by atoms with E-state index in [4.69, 9.17) is 5.26 Å². The maximum Gasteiger partial charge on any atom is 0.283 e. The van der Waals surface area contributed by atoms with Crippen molar-refractivity contribution in [3.8, 4) is 0 Å². The molecule has 0 aromatic heterocycles. The van der Waals surface area contributed by atoms with Crippen molar-refractivity contribution in [1.82, 2.24) is 0 Å². The minimum Gasteiger partial charge on any atom is -0.252 e. The highest BCUT2D eigenvalue weighted by atomic mass is 35.5. The highest BCUT2D eigenvalue weighted by Gasteiger charge is 2.21. The molecule has 0 aromatic rings. The van der Waals surface area contributed by atoms with Crippen LogP contribution in [0.3, 0.4) is 0 Å². The van der Waals surface area contributed by atoms with E-state index in [2.05, 4.69) is 28.1 Å². The molecule has 0 saturated heterocycles. The molecule has 0 aromatic carbocycles. The van der Waals surface area contributed by atoms with Gasteiger partial charge in [0.2, 0.25) is 0 Å². The Balaban J connectivity index is 3.15. The fourth-order valence-electron chi connectivity index (χ4n) is 0.0732. The summed E-state index contributed by atoms with van der Waals surface area (Å²) in [7, 11) is 0. The highest BCUT2D eigenvalue weighted by Crippen LogP contribution is 2.21. The molecule has 0 aliphatic rings. The van der Waals surface area contributed by atoms with Crippen LogP contribution in [0.15, 0.2) is 0 Å². The van der Waals surface area contributed by atoms with Gasteiger partial charge in [-0.15, -0.1) is 0 Å². The molecule has 0 unspecified atom stereocenters. The number of rotatable bonds is 2. The van der Waals surface area contributed by atoms with Gasteiger partial charge in [0, 0.05) is 0 Å². The fourth-order valence-corrected chi connectivity index (χ4v) is 0.171. The summed E-state index contributed by atoms with van der Waals surface area (Å²) in [6.45, 7) is -0.740. The summed E-state index contributed by atoms with van der Waals surface area (Å²) in [5.74, 6) is 0. The van der Waals surface area contributed by atoms with Crippen molar-refractivity contribution in [2.45, 2.75) is 4.59 Å². The first-order chi connectivity index (χ1) is 3.06. The molecule has 0 aliphatic carbocycles. The minimum atomic E-state index is -2.48. The quantitative estimate of drug-likeness (QED) is 0.366. The maximum atomic E-state index is 11.6. The second-order valence-corrected chi connectivity index (χ2v) is 2.28. The Bertz CT molecular complexity index is 52.1. The van der Waals surface area contributed by atoms with Crippen LogP contribution in [-0.4, -0.2) is 16.5 Å². The molecule has 0 aliphatic heterocycles. The molecule has 0 rings (SSSR count). The molecule has 0 saturated carbocycles. The summed E-state index contributed by atoms with van der Waals surface area (Å²) < 4.78 is 9.16. The van der Waals surface area contributed by atoms with E-state index in [0.717, 1.165) is 0 Å². The largest absolute Gasteiger partial charge is 0.283 e. The third-order valence-corrected chi connectivity index (χ3v) is 0.446. The molecule has 0 heterocycles. The molecule has 0 spiro atoms. The summed E-state index contributed by atoms with van der Waals surface area (Å²) in [4.78, 5) is 3.27. The lowest BCUT2D eigenvalue weighted by atomic mass is 10.8. The first kappa shape index (κ1) is 7.43. The Morgan fingerprint density at radius 1 is 1.71 bits per heavy atom. The van der Waals surface area contributed by atoms with Crippen LogP contribution in [0.4, 0.5) is 4.39 Å². The van der Waals surface area contributed by atoms with Gasteiger partial charge in [-0.25, -0.2) is 9.28 Å². The van der Waals surface area contributed by atoms with Crippen molar-refractivity contribution in [1.29, 1.82) is 0 Å². The Morgan fingerprint density at radius 2 is 2.14 bits per heavy atom. The lowest BCUT2D eigenvalue weighted by molar-refractivity contribution is -0.249. The van der Waals surface area contributed by atoms with Gasteiger partial charge in [0.1, 0.15) is 6.61 Å². The Hall–Kier alpha value is 0.430. The monoisotopic (exact) mass is 148 g/mol. The molecule has 0 bridgehead atoms. The summed E-state index contributed by atoms with van der Waals surface area (Å²) in [6.07, 6.45) is 0. The molecule has 0 fully saturated rings. The number of hydrogen-bond donors (Lipinski definition) is 1. The second kappa shape index (κ2) is 2.67. The number of alkyl halides is 3. The van der Waals surface area contributed by atoms with Gasteiger partial charge in [-0.2, -0.15) is 0 Å². The van der Waals surface area contributed by atoms with Gasteiger partial charge in [-0.05, 0) is 0 Å². The SMILES string of the molecule is OOCC(F)(Cl)Cl.